The van der Waals surface area contributed by atoms with Gasteiger partial charge in [-0.15, -0.1) is 0 Å². The average molecular weight is 335 g/mol. The van der Waals surface area contributed by atoms with Crippen molar-refractivity contribution in [1.29, 1.82) is 0 Å². The molecule has 0 radical (unpaired) electrons. The van der Waals surface area contributed by atoms with Crippen molar-refractivity contribution >= 4 is 27.4 Å². The number of ether oxygens (including phenoxy) is 1. The van der Waals surface area contributed by atoms with E-state index in [2.05, 4.69) is 4.74 Å². The number of carbonyl (C=O) groups is 1. The van der Waals surface area contributed by atoms with Crippen LogP contribution >= 0.6 is 11.6 Å². The van der Waals surface area contributed by atoms with Crippen LogP contribution in [0, 0.1) is 11.2 Å². The normalized spacial score (nSPS) is 16.5. The lowest BCUT2D eigenvalue weighted by Gasteiger charge is -2.14. The fraction of sp³-hybridized carbons (Fsp3) is 0.500. The molecule has 0 saturated heterocycles. The predicted molar refractivity (Wildman–Crippen MR) is 77.2 cm³/mol. The number of hydrogen-bond acceptors (Lipinski definition) is 4. The summed E-state index contributed by atoms with van der Waals surface area (Å²) in [5.41, 5.74) is -0.0503. The van der Waals surface area contributed by atoms with Crippen molar-refractivity contribution in [1.82, 2.24) is 0 Å². The molecule has 0 unspecified atom stereocenters. The zero-order chi connectivity index (χ0) is 15.7. The first-order valence-electron chi connectivity index (χ1n) is 6.46. The third-order valence-electron chi connectivity index (χ3n) is 3.60. The van der Waals surface area contributed by atoms with Crippen LogP contribution in [0.25, 0.3) is 0 Å². The number of methoxy groups -OCH3 is 1. The first-order chi connectivity index (χ1) is 9.75. The molecule has 1 saturated carbocycles. The molecule has 1 aliphatic rings. The molecule has 0 spiro atoms. The molecule has 1 aliphatic carbocycles. The van der Waals surface area contributed by atoms with E-state index < -0.39 is 27.0 Å². The summed E-state index contributed by atoms with van der Waals surface area (Å²) >= 11 is 5.64. The maximum absolute atomic E-state index is 13.1. The Kier molecular flexibility index (Phi) is 4.58. The van der Waals surface area contributed by atoms with Crippen molar-refractivity contribution in [2.24, 2.45) is 5.41 Å². The highest BCUT2D eigenvalue weighted by molar-refractivity contribution is 7.90. The molecule has 0 amide bonds. The van der Waals surface area contributed by atoms with Crippen molar-refractivity contribution in [2.75, 3.05) is 12.9 Å². The molecule has 0 heterocycles. The van der Waals surface area contributed by atoms with E-state index in [1.807, 2.05) is 0 Å². The number of esters is 1. The number of sulfone groups is 1. The first-order valence-corrected chi connectivity index (χ1v) is 8.66. The SMILES string of the molecule is COC(=O)CC1(CS(=O)(=O)Cc2ccc(F)c(Cl)c2)CC1. The van der Waals surface area contributed by atoms with Gasteiger partial charge in [0.2, 0.25) is 0 Å². The van der Waals surface area contributed by atoms with Gasteiger partial charge in [-0.05, 0) is 36.0 Å². The second kappa shape index (κ2) is 5.93. The van der Waals surface area contributed by atoms with Gasteiger partial charge in [0.05, 0.1) is 30.1 Å². The van der Waals surface area contributed by atoms with Crippen LogP contribution < -0.4 is 0 Å². The Hall–Kier alpha value is -1.14. The molecule has 1 fully saturated rings. The maximum Gasteiger partial charge on any atom is 0.306 e. The second-order valence-electron chi connectivity index (χ2n) is 5.53. The first kappa shape index (κ1) is 16.2. The highest BCUT2D eigenvalue weighted by atomic mass is 35.5. The van der Waals surface area contributed by atoms with Gasteiger partial charge >= 0.3 is 5.97 Å². The molecule has 0 N–H and O–H groups in total. The third kappa shape index (κ3) is 4.41. The van der Waals surface area contributed by atoms with E-state index in [0.29, 0.717) is 18.4 Å². The predicted octanol–water partition coefficient (Wildman–Crippen LogP) is 2.74. The standard InChI is InChI=1S/C14H16ClFO4S/c1-20-13(17)7-14(4-5-14)9-21(18,19)8-10-2-3-12(16)11(15)6-10/h2-3,6H,4-5,7-9H2,1H3. The monoisotopic (exact) mass is 334 g/mol. The summed E-state index contributed by atoms with van der Waals surface area (Å²) < 4.78 is 42.1. The zero-order valence-electron chi connectivity index (χ0n) is 11.6. The van der Waals surface area contributed by atoms with Crippen molar-refractivity contribution in [2.45, 2.75) is 25.0 Å². The molecule has 0 aromatic heterocycles. The van der Waals surface area contributed by atoms with E-state index in [9.17, 15) is 17.6 Å². The molecule has 1 aromatic carbocycles. The lowest BCUT2D eigenvalue weighted by molar-refractivity contribution is -0.141. The third-order valence-corrected chi connectivity index (χ3v) is 5.72. The van der Waals surface area contributed by atoms with Crippen LogP contribution in [-0.2, 0) is 25.1 Å². The van der Waals surface area contributed by atoms with Crippen LogP contribution in [0.15, 0.2) is 18.2 Å². The van der Waals surface area contributed by atoms with E-state index in [0.717, 1.165) is 6.07 Å². The van der Waals surface area contributed by atoms with Crippen molar-refractivity contribution in [3.8, 4) is 0 Å². The van der Waals surface area contributed by atoms with Crippen LogP contribution in [-0.4, -0.2) is 27.2 Å². The number of carbonyl (C=O) groups excluding carboxylic acids is 1. The number of halogens is 2. The van der Waals surface area contributed by atoms with Gasteiger partial charge in [-0.3, -0.25) is 4.79 Å². The lowest BCUT2D eigenvalue weighted by Crippen LogP contribution is -2.22. The van der Waals surface area contributed by atoms with E-state index >= 15 is 0 Å². The molecule has 0 aliphatic heterocycles. The van der Waals surface area contributed by atoms with Crippen LogP contribution in [0.2, 0.25) is 5.02 Å². The Morgan fingerprint density at radius 3 is 2.62 bits per heavy atom. The topological polar surface area (TPSA) is 60.4 Å². The van der Waals surface area contributed by atoms with Gasteiger partial charge in [0.1, 0.15) is 5.82 Å². The van der Waals surface area contributed by atoms with Crippen LogP contribution in [0.5, 0.6) is 0 Å². The van der Waals surface area contributed by atoms with E-state index in [4.69, 9.17) is 11.6 Å². The fourth-order valence-electron chi connectivity index (χ4n) is 2.33. The van der Waals surface area contributed by atoms with E-state index in [1.165, 1.54) is 19.2 Å². The molecule has 0 atom stereocenters. The summed E-state index contributed by atoms with van der Waals surface area (Å²) in [7, 11) is -2.12. The largest absolute Gasteiger partial charge is 0.469 e. The highest BCUT2D eigenvalue weighted by Crippen LogP contribution is 2.50. The van der Waals surface area contributed by atoms with Crippen molar-refractivity contribution in [3.05, 3.63) is 34.6 Å². The second-order valence-corrected chi connectivity index (χ2v) is 8.01. The molecule has 2 rings (SSSR count). The molecule has 1 aromatic rings. The summed E-state index contributed by atoms with van der Waals surface area (Å²) in [6.07, 6.45) is 1.52. The molecular formula is C14H16ClFO4S. The van der Waals surface area contributed by atoms with E-state index in [1.54, 1.807) is 0 Å². The minimum Gasteiger partial charge on any atom is -0.469 e. The summed E-state index contributed by atoms with van der Waals surface area (Å²) in [6, 6.07) is 3.86. The molecule has 0 bridgehead atoms. The van der Waals surface area contributed by atoms with Gasteiger partial charge in [-0.2, -0.15) is 0 Å². The van der Waals surface area contributed by atoms with Crippen LogP contribution in [0.1, 0.15) is 24.8 Å². The Labute approximate surface area is 128 Å². The molecular weight excluding hydrogens is 319 g/mol. The van der Waals surface area contributed by atoms with Crippen molar-refractivity contribution < 1.29 is 22.3 Å². The van der Waals surface area contributed by atoms with Gasteiger partial charge in [-0.1, -0.05) is 17.7 Å². The van der Waals surface area contributed by atoms with Gasteiger partial charge < -0.3 is 4.74 Å². The summed E-state index contributed by atoms with van der Waals surface area (Å²) in [5.74, 6) is -1.25. The van der Waals surface area contributed by atoms with Gasteiger partial charge in [0.15, 0.2) is 9.84 Å². The van der Waals surface area contributed by atoms with E-state index in [-0.39, 0.29) is 22.9 Å². The van der Waals surface area contributed by atoms with Gasteiger partial charge in [-0.25, -0.2) is 12.8 Å². The van der Waals surface area contributed by atoms with Gasteiger partial charge in [0.25, 0.3) is 0 Å². The number of benzene rings is 1. The Morgan fingerprint density at radius 1 is 1.43 bits per heavy atom. The summed E-state index contributed by atoms with van der Waals surface area (Å²) in [6.45, 7) is 0. The zero-order valence-corrected chi connectivity index (χ0v) is 13.1. The van der Waals surface area contributed by atoms with Gasteiger partial charge in [0, 0.05) is 0 Å². The number of hydrogen-bond donors (Lipinski definition) is 0. The summed E-state index contributed by atoms with van der Waals surface area (Å²) in [4.78, 5) is 11.3. The molecule has 21 heavy (non-hydrogen) atoms. The van der Waals surface area contributed by atoms with Crippen LogP contribution in [0.4, 0.5) is 4.39 Å². The summed E-state index contributed by atoms with van der Waals surface area (Å²) in [5, 5.41) is -0.0987. The fourth-order valence-corrected chi connectivity index (χ4v) is 4.64. The Morgan fingerprint density at radius 2 is 2.10 bits per heavy atom. The quantitative estimate of drug-likeness (QED) is 0.750. The smallest absolute Gasteiger partial charge is 0.306 e. The van der Waals surface area contributed by atoms with Crippen molar-refractivity contribution in [3.63, 3.8) is 0 Å². The average Bonchev–Trinajstić information content (AvgIpc) is 3.11. The Bertz CT molecular complexity index is 653. The van der Waals surface area contributed by atoms with Crippen LogP contribution in [0.3, 0.4) is 0 Å². The minimum atomic E-state index is -3.40. The number of rotatable bonds is 6. The molecule has 4 nitrogen and oxygen atoms in total. The lowest BCUT2D eigenvalue weighted by atomic mass is 10.1. The minimum absolute atomic E-state index is 0.0654. The Balaban J connectivity index is 2.05. The highest BCUT2D eigenvalue weighted by Gasteiger charge is 2.47. The molecule has 7 heteroatoms. The molecule has 116 valence electrons. The maximum atomic E-state index is 13.1.